The second-order valence-electron chi connectivity index (χ2n) is 4.01. The third-order valence-corrected chi connectivity index (χ3v) is 2.93. The Morgan fingerprint density at radius 1 is 1.56 bits per heavy atom. The van der Waals surface area contributed by atoms with Gasteiger partial charge in [-0.1, -0.05) is 24.6 Å². The van der Waals surface area contributed by atoms with E-state index in [4.69, 9.17) is 17.3 Å². The molecule has 1 amide bonds. The van der Waals surface area contributed by atoms with Gasteiger partial charge in [-0.15, -0.1) is 0 Å². The second-order valence-corrected chi connectivity index (χ2v) is 4.42. The summed E-state index contributed by atoms with van der Waals surface area (Å²) in [6.45, 7) is 2.78. The molecule has 5 nitrogen and oxygen atoms in total. The van der Waals surface area contributed by atoms with Crippen LogP contribution in [0.1, 0.15) is 13.3 Å². The number of nitrogen functional groups attached to an aromatic ring is 1. The summed E-state index contributed by atoms with van der Waals surface area (Å²) in [4.78, 5) is 15.9. The van der Waals surface area contributed by atoms with Gasteiger partial charge >= 0.3 is 0 Å². The molecule has 2 aromatic rings. The number of hydrogen-bond donors (Lipinski definition) is 2. The van der Waals surface area contributed by atoms with Crippen molar-refractivity contribution in [3.8, 4) is 0 Å². The minimum absolute atomic E-state index is 0.0947. The predicted octanol–water partition coefficient (Wildman–Crippen LogP) is 1.80. The first-order chi connectivity index (χ1) is 8.63. The molecule has 1 heterocycles. The Kier molecular flexibility index (Phi) is 3.72. The molecule has 2 rings (SSSR count). The van der Waals surface area contributed by atoms with E-state index in [-0.39, 0.29) is 12.5 Å². The summed E-state index contributed by atoms with van der Waals surface area (Å²) in [5.41, 5.74) is 7.21. The molecule has 3 N–H and O–H groups in total. The van der Waals surface area contributed by atoms with Gasteiger partial charge in [-0.25, -0.2) is 4.98 Å². The van der Waals surface area contributed by atoms with Crippen LogP contribution < -0.4 is 11.1 Å². The smallest absolute Gasteiger partial charge is 0.240 e. The number of aromatic nitrogens is 2. The minimum atomic E-state index is -0.0947. The average Bonchev–Trinajstić information content (AvgIpc) is 2.65. The zero-order valence-corrected chi connectivity index (χ0v) is 10.9. The number of carbonyl (C=O) groups excluding carboxylic acids is 1. The van der Waals surface area contributed by atoms with Crippen molar-refractivity contribution in [1.82, 2.24) is 14.9 Å². The molecule has 0 aliphatic heterocycles. The maximum atomic E-state index is 11.7. The molecule has 6 heteroatoms. The number of fused-ring (bicyclic) bond motifs is 1. The Morgan fingerprint density at radius 3 is 3.06 bits per heavy atom. The quantitative estimate of drug-likeness (QED) is 0.886. The molecular formula is C12H15ClN4O. The zero-order valence-electron chi connectivity index (χ0n) is 10.1. The Balaban J connectivity index is 2.32. The normalized spacial score (nSPS) is 10.8. The monoisotopic (exact) mass is 266 g/mol. The first-order valence-electron chi connectivity index (χ1n) is 5.80. The molecule has 0 saturated heterocycles. The largest absolute Gasteiger partial charge is 0.369 e. The molecular weight excluding hydrogens is 252 g/mol. The number of rotatable bonds is 4. The SMILES string of the molecule is CCCNC(=O)Cn1c(N)nc2cccc(Cl)c21. The van der Waals surface area contributed by atoms with Crippen molar-refractivity contribution >= 4 is 34.5 Å². The standard InChI is InChI=1S/C12H15ClN4O/c1-2-6-15-10(18)7-17-11-8(13)4-3-5-9(11)16-12(17)14/h3-5H,2,6-7H2,1H3,(H2,14,16)(H,15,18). The van der Waals surface area contributed by atoms with Crippen molar-refractivity contribution in [2.75, 3.05) is 12.3 Å². The maximum Gasteiger partial charge on any atom is 0.240 e. The van der Waals surface area contributed by atoms with E-state index in [1.165, 1.54) is 0 Å². The van der Waals surface area contributed by atoms with Crippen molar-refractivity contribution in [2.24, 2.45) is 0 Å². The van der Waals surface area contributed by atoms with E-state index in [0.29, 0.717) is 28.5 Å². The molecule has 0 aliphatic carbocycles. The van der Waals surface area contributed by atoms with E-state index >= 15 is 0 Å². The molecule has 0 fully saturated rings. The third-order valence-electron chi connectivity index (χ3n) is 2.62. The lowest BCUT2D eigenvalue weighted by molar-refractivity contribution is -0.121. The lowest BCUT2D eigenvalue weighted by Gasteiger charge is -2.07. The number of hydrogen-bond acceptors (Lipinski definition) is 3. The van der Waals surface area contributed by atoms with Crippen molar-refractivity contribution in [3.05, 3.63) is 23.2 Å². The van der Waals surface area contributed by atoms with Crippen LogP contribution in [0.4, 0.5) is 5.95 Å². The Bertz CT molecular complexity index is 579. The highest BCUT2D eigenvalue weighted by atomic mass is 35.5. The van der Waals surface area contributed by atoms with Crippen LogP contribution in [-0.4, -0.2) is 22.0 Å². The van der Waals surface area contributed by atoms with Crippen molar-refractivity contribution in [1.29, 1.82) is 0 Å². The van der Waals surface area contributed by atoms with Crippen LogP contribution in [0.2, 0.25) is 5.02 Å². The highest BCUT2D eigenvalue weighted by Crippen LogP contribution is 2.25. The number of anilines is 1. The molecule has 1 aromatic heterocycles. The summed E-state index contributed by atoms with van der Waals surface area (Å²) in [6.07, 6.45) is 0.895. The topological polar surface area (TPSA) is 72.9 Å². The van der Waals surface area contributed by atoms with Crippen molar-refractivity contribution in [3.63, 3.8) is 0 Å². The van der Waals surface area contributed by atoms with Gasteiger partial charge in [-0.3, -0.25) is 9.36 Å². The van der Waals surface area contributed by atoms with Gasteiger partial charge in [-0.05, 0) is 18.6 Å². The van der Waals surface area contributed by atoms with Crippen LogP contribution >= 0.6 is 11.6 Å². The fourth-order valence-corrected chi connectivity index (χ4v) is 2.06. The van der Waals surface area contributed by atoms with Crippen molar-refractivity contribution in [2.45, 2.75) is 19.9 Å². The molecule has 0 aliphatic rings. The average molecular weight is 267 g/mol. The first kappa shape index (κ1) is 12.7. The van der Waals surface area contributed by atoms with Gasteiger partial charge < -0.3 is 11.1 Å². The fourth-order valence-electron chi connectivity index (χ4n) is 1.78. The van der Waals surface area contributed by atoms with Crippen LogP contribution in [0.25, 0.3) is 11.0 Å². The summed E-state index contributed by atoms with van der Waals surface area (Å²) in [5, 5.41) is 3.34. The van der Waals surface area contributed by atoms with Gasteiger partial charge in [0.1, 0.15) is 6.54 Å². The number of imidazole rings is 1. The van der Waals surface area contributed by atoms with Crippen LogP contribution in [-0.2, 0) is 11.3 Å². The van der Waals surface area contributed by atoms with Crippen LogP contribution in [0.3, 0.4) is 0 Å². The van der Waals surface area contributed by atoms with Crippen molar-refractivity contribution < 1.29 is 4.79 Å². The molecule has 18 heavy (non-hydrogen) atoms. The third kappa shape index (κ3) is 2.41. The van der Waals surface area contributed by atoms with E-state index in [1.54, 1.807) is 16.7 Å². The van der Waals surface area contributed by atoms with Gasteiger partial charge in [0.25, 0.3) is 0 Å². The number of carbonyl (C=O) groups is 1. The van der Waals surface area contributed by atoms with E-state index < -0.39 is 0 Å². The van der Waals surface area contributed by atoms with Crippen LogP contribution in [0, 0.1) is 0 Å². The molecule has 0 spiro atoms. The van der Waals surface area contributed by atoms with Gasteiger partial charge in [0.05, 0.1) is 16.1 Å². The van der Waals surface area contributed by atoms with Gasteiger partial charge in [0.15, 0.2) is 0 Å². The maximum absolute atomic E-state index is 11.7. The molecule has 0 unspecified atom stereocenters. The highest BCUT2D eigenvalue weighted by Gasteiger charge is 2.13. The van der Waals surface area contributed by atoms with Gasteiger partial charge in [0.2, 0.25) is 11.9 Å². The van der Waals surface area contributed by atoms with Gasteiger partial charge in [0, 0.05) is 6.54 Å². The number of nitrogens with zero attached hydrogens (tertiary/aromatic N) is 2. The number of nitrogens with two attached hydrogens (primary N) is 1. The Morgan fingerprint density at radius 2 is 2.33 bits per heavy atom. The fraction of sp³-hybridized carbons (Fsp3) is 0.333. The molecule has 0 bridgehead atoms. The van der Waals surface area contributed by atoms with E-state index in [1.807, 2.05) is 13.0 Å². The number of halogens is 1. The summed E-state index contributed by atoms with van der Waals surface area (Å²) in [5.74, 6) is 0.201. The lowest BCUT2D eigenvalue weighted by atomic mass is 10.3. The molecule has 0 saturated carbocycles. The Labute approximate surface area is 110 Å². The van der Waals surface area contributed by atoms with Crippen LogP contribution in [0.15, 0.2) is 18.2 Å². The summed E-state index contributed by atoms with van der Waals surface area (Å²) < 4.78 is 1.63. The number of para-hydroxylation sites is 1. The van der Waals surface area contributed by atoms with E-state index in [9.17, 15) is 4.79 Å². The first-order valence-corrected chi connectivity index (χ1v) is 6.18. The van der Waals surface area contributed by atoms with E-state index in [2.05, 4.69) is 10.3 Å². The second kappa shape index (κ2) is 5.27. The van der Waals surface area contributed by atoms with E-state index in [0.717, 1.165) is 6.42 Å². The highest BCUT2D eigenvalue weighted by molar-refractivity contribution is 6.35. The lowest BCUT2D eigenvalue weighted by Crippen LogP contribution is -2.28. The minimum Gasteiger partial charge on any atom is -0.369 e. The summed E-state index contributed by atoms with van der Waals surface area (Å²) in [7, 11) is 0. The van der Waals surface area contributed by atoms with Gasteiger partial charge in [-0.2, -0.15) is 0 Å². The number of benzene rings is 1. The number of nitrogens with one attached hydrogen (secondary N) is 1. The Hall–Kier alpha value is -1.75. The zero-order chi connectivity index (χ0) is 13.1. The predicted molar refractivity (Wildman–Crippen MR) is 72.5 cm³/mol. The molecule has 0 radical (unpaired) electrons. The summed E-state index contributed by atoms with van der Waals surface area (Å²) in [6, 6.07) is 5.38. The molecule has 1 aromatic carbocycles. The summed E-state index contributed by atoms with van der Waals surface area (Å²) >= 11 is 6.12. The molecule has 96 valence electrons. The number of amides is 1. The molecule has 0 atom stereocenters. The van der Waals surface area contributed by atoms with Crippen LogP contribution in [0.5, 0.6) is 0 Å².